The molecule has 22 heavy (non-hydrogen) atoms. The lowest BCUT2D eigenvalue weighted by atomic mass is 10.1. The predicted molar refractivity (Wildman–Crippen MR) is 87.2 cm³/mol. The van der Waals surface area contributed by atoms with Crippen LogP contribution in [0, 0.1) is 12.7 Å². The van der Waals surface area contributed by atoms with E-state index in [4.69, 9.17) is 5.73 Å². The smallest absolute Gasteiger partial charge is 0.129 e. The average molecular weight is 299 g/mol. The summed E-state index contributed by atoms with van der Waals surface area (Å²) in [6.45, 7) is 2.73. The molecular weight excluding hydrogens is 277 g/mol. The van der Waals surface area contributed by atoms with Crippen molar-refractivity contribution >= 4 is 5.82 Å². The van der Waals surface area contributed by atoms with Crippen LogP contribution < -0.4 is 10.6 Å². The van der Waals surface area contributed by atoms with Crippen molar-refractivity contribution in [3.8, 4) is 0 Å². The molecule has 4 heteroatoms. The minimum atomic E-state index is -0.202. The Kier molecular flexibility index (Phi) is 4.39. The van der Waals surface area contributed by atoms with Gasteiger partial charge in [-0.05, 0) is 56.0 Å². The number of aromatic nitrogens is 1. The maximum Gasteiger partial charge on any atom is 0.129 e. The van der Waals surface area contributed by atoms with E-state index < -0.39 is 0 Å². The molecule has 1 saturated carbocycles. The van der Waals surface area contributed by atoms with Crippen LogP contribution in [-0.4, -0.2) is 17.1 Å². The summed E-state index contributed by atoms with van der Waals surface area (Å²) in [5, 5.41) is 0. The van der Waals surface area contributed by atoms with Crippen LogP contribution in [0.2, 0.25) is 0 Å². The van der Waals surface area contributed by atoms with Crippen LogP contribution >= 0.6 is 0 Å². The van der Waals surface area contributed by atoms with Gasteiger partial charge in [0.05, 0.1) is 0 Å². The van der Waals surface area contributed by atoms with Crippen molar-refractivity contribution in [2.45, 2.75) is 44.8 Å². The third-order valence-corrected chi connectivity index (χ3v) is 4.32. The largest absolute Gasteiger partial charge is 0.349 e. The number of rotatable bonds is 4. The third-order valence-electron chi connectivity index (χ3n) is 4.32. The number of benzene rings is 1. The Morgan fingerprint density at radius 2 is 1.95 bits per heavy atom. The van der Waals surface area contributed by atoms with Gasteiger partial charge in [-0.25, -0.2) is 9.37 Å². The lowest BCUT2D eigenvalue weighted by molar-refractivity contribution is 0.584. The number of aryl methyl sites for hydroxylation is 1. The van der Waals surface area contributed by atoms with Crippen LogP contribution in [-0.2, 0) is 6.54 Å². The first-order valence-corrected chi connectivity index (χ1v) is 7.82. The molecule has 2 N–H and O–H groups in total. The second kappa shape index (κ2) is 6.44. The topological polar surface area (TPSA) is 42.1 Å². The third kappa shape index (κ3) is 3.45. The van der Waals surface area contributed by atoms with Gasteiger partial charge in [0, 0.05) is 24.3 Å². The monoisotopic (exact) mass is 299 g/mol. The van der Waals surface area contributed by atoms with E-state index in [1.165, 1.54) is 12.1 Å². The van der Waals surface area contributed by atoms with E-state index in [1.54, 1.807) is 0 Å². The summed E-state index contributed by atoms with van der Waals surface area (Å²) in [5.41, 5.74) is 8.18. The van der Waals surface area contributed by atoms with Crippen LogP contribution in [0.15, 0.2) is 42.5 Å². The summed E-state index contributed by atoms with van der Waals surface area (Å²) in [4.78, 5) is 6.98. The normalized spacial score (nSPS) is 21.0. The van der Waals surface area contributed by atoms with Gasteiger partial charge in [0.25, 0.3) is 0 Å². The van der Waals surface area contributed by atoms with Crippen LogP contribution in [0.5, 0.6) is 0 Å². The molecule has 116 valence electrons. The molecule has 1 heterocycles. The molecule has 0 aliphatic heterocycles. The molecule has 3 rings (SSSR count). The number of anilines is 1. The number of nitrogens with zero attached hydrogens (tertiary/aromatic N) is 2. The minimum Gasteiger partial charge on any atom is -0.349 e. The summed E-state index contributed by atoms with van der Waals surface area (Å²) < 4.78 is 13.1. The Bertz CT molecular complexity index is 626. The maximum absolute atomic E-state index is 13.1. The minimum absolute atomic E-state index is 0.202. The van der Waals surface area contributed by atoms with Crippen molar-refractivity contribution in [3.05, 3.63) is 59.5 Å². The highest BCUT2D eigenvalue weighted by molar-refractivity contribution is 5.42. The fourth-order valence-electron chi connectivity index (χ4n) is 3.15. The Morgan fingerprint density at radius 3 is 2.59 bits per heavy atom. The van der Waals surface area contributed by atoms with E-state index in [9.17, 15) is 4.39 Å². The number of halogens is 1. The molecule has 1 aromatic heterocycles. The zero-order valence-corrected chi connectivity index (χ0v) is 12.9. The fraction of sp³-hybridized carbons (Fsp3) is 0.389. The summed E-state index contributed by atoms with van der Waals surface area (Å²) >= 11 is 0. The van der Waals surface area contributed by atoms with Crippen molar-refractivity contribution < 1.29 is 4.39 Å². The molecule has 2 atom stereocenters. The molecule has 1 aliphatic carbocycles. The number of hydrogen-bond donors (Lipinski definition) is 1. The summed E-state index contributed by atoms with van der Waals surface area (Å²) in [6, 6.07) is 13.4. The second-order valence-corrected chi connectivity index (χ2v) is 6.12. The number of pyridine rings is 1. The highest BCUT2D eigenvalue weighted by atomic mass is 19.1. The van der Waals surface area contributed by atoms with Gasteiger partial charge in [-0.3, -0.25) is 0 Å². The highest BCUT2D eigenvalue weighted by Gasteiger charge is 2.28. The molecule has 1 aliphatic rings. The van der Waals surface area contributed by atoms with E-state index in [0.717, 1.165) is 42.9 Å². The van der Waals surface area contributed by atoms with E-state index in [2.05, 4.69) is 9.88 Å². The molecule has 1 fully saturated rings. The van der Waals surface area contributed by atoms with Crippen molar-refractivity contribution in [1.29, 1.82) is 0 Å². The standard InChI is InChI=1S/C18H22FN3/c1-13-3-2-4-18(21-13)22(17-10-9-16(20)11-17)12-14-5-7-15(19)8-6-14/h2-8,16-17H,9-12,20H2,1H3. The van der Waals surface area contributed by atoms with Crippen LogP contribution in [0.25, 0.3) is 0 Å². The van der Waals surface area contributed by atoms with E-state index in [-0.39, 0.29) is 11.9 Å². The fourth-order valence-corrected chi connectivity index (χ4v) is 3.15. The van der Waals surface area contributed by atoms with Crippen molar-refractivity contribution in [1.82, 2.24) is 4.98 Å². The van der Waals surface area contributed by atoms with Gasteiger partial charge in [-0.2, -0.15) is 0 Å². The van der Waals surface area contributed by atoms with Crippen molar-refractivity contribution in [2.75, 3.05) is 4.90 Å². The van der Waals surface area contributed by atoms with E-state index in [1.807, 2.05) is 37.3 Å². The summed E-state index contributed by atoms with van der Waals surface area (Å²) in [5.74, 6) is 0.773. The summed E-state index contributed by atoms with van der Waals surface area (Å²) in [6.07, 6.45) is 3.12. The Hall–Kier alpha value is -1.94. The van der Waals surface area contributed by atoms with Crippen molar-refractivity contribution in [3.63, 3.8) is 0 Å². The molecule has 2 aromatic rings. The maximum atomic E-state index is 13.1. The zero-order chi connectivity index (χ0) is 15.5. The number of hydrogen-bond acceptors (Lipinski definition) is 3. The average Bonchev–Trinajstić information content (AvgIpc) is 2.93. The molecule has 0 amide bonds. The van der Waals surface area contributed by atoms with Gasteiger partial charge >= 0.3 is 0 Å². The van der Waals surface area contributed by atoms with Gasteiger partial charge in [0.2, 0.25) is 0 Å². The quantitative estimate of drug-likeness (QED) is 0.940. The number of nitrogens with two attached hydrogens (primary N) is 1. The van der Waals surface area contributed by atoms with Gasteiger partial charge in [-0.1, -0.05) is 18.2 Å². The highest BCUT2D eigenvalue weighted by Crippen LogP contribution is 2.28. The van der Waals surface area contributed by atoms with E-state index in [0.29, 0.717) is 6.04 Å². The van der Waals surface area contributed by atoms with Crippen LogP contribution in [0.4, 0.5) is 10.2 Å². The summed E-state index contributed by atoms with van der Waals surface area (Å²) in [7, 11) is 0. The molecule has 0 saturated heterocycles. The molecule has 1 aromatic carbocycles. The first-order valence-electron chi connectivity index (χ1n) is 7.82. The molecule has 2 unspecified atom stereocenters. The van der Waals surface area contributed by atoms with Crippen molar-refractivity contribution in [2.24, 2.45) is 5.73 Å². The van der Waals surface area contributed by atoms with Gasteiger partial charge in [0.15, 0.2) is 0 Å². The Balaban J connectivity index is 1.87. The second-order valence-electron chi connectivity index (χ2n) is 6.12. The van der Waals surface area contributed by atoms with Crippen LogP contribution in [0.1, 0.15) is 30.5 Å². The Labute approximate surface area is 131 Å². The molecule has 0 bridgehead atoms. The Morgan fingerprint density at radius 1 is 1.18 bits per heavy atom. The predicted octanol–water partition coefficient (Wildman–Crippen LogP) is 3.42. The SMILES string of the molecule is Cc1cccc(N(Cc2ccc(F)cc2)C2CCC(N)C2)n1. The lowest BCUT2D eigenvalue weighted by Crippen LogP contribution is -2.35. The zero-order valence-electron chi connectivity index (χ0n) is 12.9. The first-order chi connectivity index (χ1) is 10.6. The van der Waals surface area contributed by atoms with E-state index >= 15 is 0 Å². The van der Waals surface area contributed by atoms with Gasteiger partial charge in [0.1, 0.15) is 11.6 Å². The van der Waals surface area contributed by atoms with Gasteiger partial charge in [-0.15, -0.1) is 0 Å². The molecule has 3 nitrogen and oxygen atoms in total. The van der Waals surface area contributed by atoms with Crippen LogP contribution in [0.3, 0.4) is 0 Å². The lowest BCUT2D eigenvalue weighted by Gasteiger charge is -2.30. The van der Waals surface area contributed by atoms with Gasteiger partial charge < -0.3 is 10.6 Å². The molecule has 0 radical (unpaired) electrons. The molecule has 0 spiro atoms. The first kappa shape index (κ1) is 15.0. The molecular formula is C18H22FN3.